The highest BCUT2D eigenvalue weighted by molar-refractivity contribution is 5.92. The van der Waals surface area contributed by atoms with Crippen LogP contribution in [0.1, 0.15) is 30.0 Å². The minimum atomic E-state index is -0.174. The standard InChI is InChI=1S/C30H32N2O2/c1-22-12-17-26(18-13-22)32-30(33)21-34-29-19-16-25-10-6-7-11-27(25)28(29)20-31-23(2)14-15-24-8-4-3-5-9-24/h3-13,16-19,23,31H,14-15,20-21H2,1-2H3,(H,32,33)/t23-/m1/s1. The Labute approximate surface area is 202 Å². The smallest absolute Gasteiger partial charge is 0.262 e. The van der Waals surface area contributed by atoms with Crippen molar-refractivity contribution in [3.05, 3.63) is 108 Å². The molecule has 0 saturated carbocycles. The monoisotopic (exact) mass is 452 g/mol. The van der Waals surface area contributed by atoms with Crippen LogP contribution in [0.3, 0.4) is 0 Å². The molecule has 0 saturated heterocycles. The van der Waals surface area contributed by atoms with Gasteiger partial charge in [0.25, 0.3) is 5.91 Å². The van der Waals surface area contributed by atoms with E-state index in [4.69, 9.17) is 4.74 Å². The first-order valence-electron chi connectivity index (χ1n) is 11.9. The normalized spacial score (nSPS) is 11.8. The molecule has 34 heavy (non-hydrogen) atoms. The highest BCUT2D eigenvalue weighted by Gasteiger charge is 2.12. The quantitative estimate of drug-likeness (QED) is 0.298. The molecule has 0 aliphatic carbocycles. The lowest BCUT2D eigenvalue weighted by molar-refractivity contribution is -0.118. The fraction of sp³-hybridized carbons (Fsp3) is 0.233. The van der Waals surface area contributed by atoms with Gasteiger partial charge in [0, 0.05) is 23.8 Å². The van der Waals surface area contributed by atoms with E-state index in [-0.39, 0.29) is 12.5 Å². The molecular weight excluding hydrogens is 420 g/mol. The van der Waals surface area contributed by atoms with Gasteiger partial charge in [-0.1, -0.05) is 78.4 Å². The Morgan fingerprint density at radius 3 is 2.41 bits per heavy atom. The molecule has 4 aromatic rings. The van der Waals surface area contributed by atoms with E-state index < -0.39 is 0 Å². The van der Waals surface area contributed by atoms with E-state index in [0.717, 1.165) is 46.2 Å². The van der Waals surface area contributed by atoms with Crippen molar-refractivity contribution in [2.45, 2.75) is 39.3 Å². The zero-order chi connectivity index (χ0) is 23.8. The molecule has 0 aliphatic rings. The molecule has 1 atom stereocenters. The first-order chi connectivity index (χ1) is 16.6. The number of amides is 1. The maximum Gasteiger partial charge on any atom is 0.262 e. The van der Waals surface area contributed by atoms with Gasteiger partial charge in [0.15, 0.2) is 6.61 Å². The number of anilines is 1. The maximum atomic E-state index is 12.5. The molecule has 0 spiro atoms. The summed E-state index contributed by atoms with van der Waals surface area (Å²) >= 11 is 0. The van der Waals surface area contributed by atoms with Crippen LogP contribution in [0.2, 0.25) is 0 Å². The van der Waals surface area contributed by atoms with Gasteiger partial charge in [-0.15, -0.1) is 0 Å². The lowest BCUT2D eigenvalue weighted by Crippen LogP contribution is -2.27. The number of fused-ring (bicyclic) bond motifs is 1. The molecule has 0 heterocycles. The van der Waals surface area contributed by atoms with Gasteiger partial charge in [0.05, 0.1) is 0 Å². The molecule has 4 nitrogen and oxygen atoms in total. The summed E-state index contributed by atoms with van der Waals surface area (Å²) in [6.45, 7) is 4.87. The molecule has 0 fully saturated rings. The molecule has 1 amide bonds. The van der Waals surface area contributed by atoms with E-state index in [1.807, 2.05) is 61.5 Å². The van der Waals surface area contributed by atoms with E-state index in [1.165, 1.54) is 5.56 Å². The van der Waals surface area contributed by atoms with Crippen LogP contribution in [0.5, 0.6) is 5.75 Å². The van der Waals surface area contributed by atoms with Gasteiger partial charge < -0.3 is 15.4 Å². The van der Waals surface area contributed by atoms with Crippen LogP contribution in [0.15, 0.2) is 91.0 Å². The highest BCUT2D eigenvalue weighted by Crippen LogP contribution is 2.28. The average molecular weight is 453 g/mol. The largest absolute Gasteiger partial charge is 0.483 e. The number of aryl methyl sites for hydroxylation is 2. The molecule has 0 unspecified atom stereocenters. The van der Waals surface area contributed by atoms with Crippen LogP contribution in [0.25, 0.3) is 10.8 Å². The van der Waals surface area contributed by atoms with Crippen molar-refractivity contribution in [1.82, 2.24) is 5.32 Å². The van der Waals surface area contributed by atoms with Crippen LogP contribution in [0, 0.1) is 6.92 Å². The summed E-state index contributed by atoms with van der Waals surface area (Å²) in [6, 6.07) is 31.0. The Hall–Kier alpha value is -3.63. The third kappa shape index (κ3) is 6.46. The van der Waals surface area contributed by atoms with E-state index >= 15 is 0 Å². The van der Waals surface area contributed by atoms with E-state index in [1.54, 1.807) is 0 Å². The van der Waals surface area contributed by atoms with Gasteiger partial charge in [0.2, 0.25) is 0 Å². The Kier molecular flexibility index (Phi) is 7.95. The summed E-state index contributed by atoms with van der Waals surface area (Å²) in [5, 5.41) is 8.85. The van der Waals surface area contributed by atoms with Crippen molar-refractivity contribution in [3.63, 3.8) is 0 Å². The summed E-state index contributed by atoms with van der Waals surface area (Å²) in [6.07, 6.45) is 2.08. The molecule has 0 bridgehead atoms. The number of ether oxygens (including phenoxy) is 1. The zero-order valence-corrected chi connectivity index (χ0v) is 19.9. The van der Waals surface area contributed by atoms with E-state index in [0.29, 0.717) is 12.6 Å². The van der Waals surface area contributed by atoms with Gasteiger partial charge in [-0.25, -0.2) is 0 Å². The Bertz CT molecular complexity index is 1220. The second kappa shape index (κ2) is 11.5. The van der Waals surface area contributed by atoms with Crippen molar-refractivity contribution >= 4 is 22.4 Å². The van der Waals surface area contributed by atoms with Crippen LogP contribution in [-0.4, -0.2) is 18.6 Å². The number of rotatable bonds is 10. The number of hydrogen-bond acceptors (Lipinski definition) is 3. The Morgan fingerprint density at radius 2 is 1.62 bits per heavy atom. The van der Waals surface area contributed by atoms with Crippen molar-refractivity contribution in [2.24, 2.45) is 0 Å². The van der Waals surface area contributed by atoms with Crippen molar-refractivity contribution in [3.8, 4) is 5.75 Å². The van der Waals surface area contributed by atoms with Gasteiger partial charge >= 0.3 is 0 Å². The third-order valence-corrected chi connectivity index (χ3v) is 6.03. The van der Waals surface area contributed by atoms with Gasteiger partial charge in [-0.2, -0.15) is 0 Å². The summed E-state index contributed by atoms with van der Waals surface area (Å²) in [7, 11) is 0. The molecule has 0 aliphatic heterocycles. The first-order valence-corrected chi connectivity index (χ1v) is 11.9. The molecule has 0 aromatic heterocycles. The predicted octanol–water partition coefficient (Wildman–Crippen LogP) is 6.28. The molecule has 4 heteroatoms. The van der Waals surface area contributed by atoms with Crippen molar-refractivity contribution in [2.75, 3.05) is 11.9 Å². The van der Waals surface area contributed by atoms with Crippen LogP contribution in [-0.2, 0) is 17.8 Å². The van der Waals surface area contributed by atoms with Crippen molar-refractivity contribution in [1.29, 1.82) is 0 Å². The summed E-state index contributed by atoms with van der Waals surface area (Å²) in [5.41, 5.74) is 4.35. The number of carbonyl (C=O) groups is 1. The van der Waals surface area contributed by atoms with Crippen LogP contribution < -0.4 is 15.4 Å². The predicted molar refractivity (Wildman–Crippen MR) is 140 cm³/mol. The molecule has 0 radical (unpaired) electrons. The number of carbonyl (C=O) groups excluding carboxylic acids is 1. The van der Waals surface area contributed by atoms with E-state index in [9.17, 15) is 4.79 Å². The Balaban J connectivity index is 1.41. The molecular formula is C30H32N2O2. The lowest BCUT2D eigenvalue weighted by Gasteiger charge is -2.18. The summed E-state index contributed by atoms with van der Waals surface area (Å²) in [4.78, 5) is 12.5. The minimum absolute atomic E-state index is 0.0389. The topological polar surface area (TPSA) is 50.4 Å². The molecule has 4 rings (SSSR count). The third-order valence-electron chi connectivity index (χ3n) is 6.03. The van der Waals surface area contributed by atoms with Gasteiger partial charge in [0.1, 0.15) is 5.75 Å². The zero-order valence-electron chi connectivity index (χ0n) is 19.9. The number of hydrogen-bond donors (Lipinski definition) is 2. The second-order valence-corrected chi connectivity index (χ2v) is 8.77. The maximum absolute atomic E-state index is 12.5. The lowest BCUT2D eigenvalue weighted by atomic mass is 10.0. The SMILES string of the molecule is Cc1ccc(NC(=O)COc2ccc3ccccc3c2CN[C@H](C)CCc2ccccc2)cc1. The van der Waals surface area contributed by atoms with E-state index in [2.05, 4.69) is 54.0 Å². The summed E-state index contributed by atoms with van der Waals surface area (Å²) in [5.74, 6) is 0.563. The van der Waals surface area contributed by atoms with Crippen molar-refractivity contribution < 1.29 is 9.53 Å². The van der Waals surface area contributed by atoms with Crippen LogP contribution in [0.4, 0.5) is 5.69 Å². The fourth-order valence-corrected chi connectivity index (χ4v) is 4.02. The molecule has 2 N–H and O–H groups in total. The minimum Gasteiger partial charge on any atom is -0.483 e. The number of nitrogens with one attached hydrogen (secondary N) is 2. The average Bonchev–Trinajstić information content (AvgIpc) is 2.87. The van der Waals surface area contributed by atoms with Crippen LogP contribution >= 0.6 is 0 Å². The summed E-state index contributed by atoms with van der Waals surface area (Å²) < 4.78 is 6.01. The highest BCUT2D eigenvalue weighted by atomic mass is 16.5. The number of benzene rings is 4. The molecule has 4 aromatic carbocycles. The fourth-order valence-electron chi connectivity index (χ4n) is 4.02. The first kappa shape index (κ1) is 23.5. The van der Waals surface area contributed by atoms with Gasteiger partial charge in [-0.3, -0.25) is 4.79 Å². The Morgan fingerprint density at radius 1 is 0.882 bits per heavy atom. The second-order valence-electron chi connectivity index (χ2n) is 8.77. The van der Waals surface area contributed by atoms with Gasteiger partial charge in [-0.05, 0) is 61.2 Å². The molecule has 174 valence electrons.